The van der Waals surface area contributed by atoms with Crippen LogP contribution in [0.2, 0.25) is 0 Å². The Kier molecular flexibility index (Phi) is 8.41. The summed E-state index contributed by atoms with van der Waals surface area (Å²) >= 11 is 0.927. The van der Waals surface area contributed by atoms with Gasteiger partial charge in [-0.25, -0.2) is 0 Å². The Bertz CT molecular complexity index is 707. The number of nitrogens with one attached hydrogen (secondary N) is 3. The molecule has 0 spiro atoms. The standard InChI is InChI=1S/C14H20N4O8S/c15-6(14(25)26)1-2-9(19)17-7(12(23)16-4-11(21)22)5-27-8-3-10(20)18-13(8)24/h3,6-7,18,20,24H,1-2,4-5,15H2,(H,16,23)(H,17,19)(H,21,22)(H,25,26). The van der Waals surface area contributed by atoms with Crippen LogP contribution < -0.4 is 16.4 Å². The van der Waals surface area contributed by atoms with Crippen LogP contribution in [0, 0.1) is 0 Å². The number of carboxylic acids is 2. The third-order valence-corrected chi connectivity index (χ3v) is 4.34. The van der Waals surface area contributed by atoms with Gasteiger partial charge in [0, 0.05) is 18.2 Å². The molecule has 27 heavy (non-hydrogen) atoms. The Hall–Kier alpha value is -2.93. The summed E-state index contributed by atoms with van der Waals surface area (Å²) in [5, 5.41) is 40.6. The first-order valence-corrected chi connectivity index (χ1v) is 8.59. The summed E-state index contributed by atoms with van der Waals surface area (Å²) in [6.07, 6.45) is -0.402. The fourth-order valence-electron chi connectivity index (χ4n) is 1.84. The highest BCUT2D eigenvalue weighted by Gasteiger charge is 2.23. The Morgan fingerprint density at radius 3 is 2.41 bits per heavy atom. The molecule has 0 saturated carbocycles. The van der Waals surface area contributed by atoms with E-state index in [0.29, 0.717) is 0 Å². The summed E-state index contributed by atoms with van der Waals surface area (Å²) in [5.41, 5.74) is 5.31. The van der Waals surface area contributed by atoms with Gasteiger partial charge in [-0.15, -0.1) is 11.8 Å². The number of aromatic hydroxyl groups is 2. The van der Waals surface area contributed by atoms with Crippen LogP contribution in [0.25, 0.3) is 0 Å². The zero-order chi connectivity index (χ0) is 20.6. The zero-order valence-corrected chi connectivity index (χ0v) is 14.8. The molecule has 0 aliphatic rings. The summed E-state index contributed by atoms with van der Waals surface area (Å²) < 4.78 is 0. The van der Waals surface area contributed by atoms with Crippen LogP contribution in [0.15, 0.2) is 11.0 Å². The highest BCUT2D eigenvalue weighted by atomic mass is 32.2. The van der Waals surface area contributed by atoms with Crippen molar-refractivity contribution in [2.45, 2.75) is 29.8 Å². The van der Waals surface area contributed by atoms with Gasteiger partial charge in [0.05, 0.1) is 4.90 Å². The second-order valence-electron chi connectivity index (χ2n) is 5.39. The third-order valence-electron chi connectivity index (χ3n) is 3.22. The molecule has 0 aliphatic carbocycles. The van der Waals surface area contributed by atoms with Crippen molar-refractivity contribution in [3.63, 3.8) is 0 Å². The summed E-state index contributed by atoms with van der Waals surface area (Å²) in [5.74, 6) is -4.69. The van der Waals surface area contributed by atoms with E-state index < -0.39 is 42.4 Å². The first kappa shape index (κ1) is 22.1. The van der Waals surface area contributed by atoms with E-state index in [0.717, 1.165) is 11.8 Å². The van der Waals surface area contributed by atoms with Gasteiger partial charge in [0.1, 0.15) is 18.6 Å². The van der Waals surface area contributed by atoms with Gasteiger partial charge in [0.2, 0.25) is 17.7 Å². The van der Waals surface area contributed by atoms with Crippen LogP contribution in [-0.4, -0.2) is 73.5 Å². The van der Waals surface area contributed by atoms with Gasteiger partial charge < -0.3 is 36.8 Å². The Labute approximate surface area is 157 Å². The average molecular weight is 404 g/mol. The molecule has 9 N–H and O–H groups in total. The van der Waals surface area contributed by atoms with Gasteiger partial charge in [0.25, 0.3) is 0 Å². The van der Waals surface area contributed by atoms with Crippen LogP contribution >= 0.6 is 11.8 Å². The van der Waals surface area contributed by atoms with Crippen molar-refractivity contribution < 1.29 is 39.6 Å². The molecule has 2 amide bonds. The number of aromatic amines is 1. The summed E-state index contributed by atoms with van der Waals surface area (Å²) in [7, 11) is 0. The van der Waals surface area contributed by atoms with Gasteiger partial charge in [-0.05, 0) is 6.42 Å². The number of thioether (sulfide) groups is 1. The summed E-state index contributed by atoms with van der Waals surface area (Å²) in [4.78, 5) is 47.7. The number of amides is 2. The Morgan fingerprint density at radius 1 is 1.22 bits per heavy atom. The molecule has 12 nitrogen and oxygen atoms in total. The van der Waals surface area contributed by atoms with E-state index in [2.05, 4.69) is 15.6 Å². The van der Waals surface area contributed by atoms with Crippen molar-refractivity contribution in [3.8, 4) is 11.8 Å². The lowest BCUT2D eigenvalue weighted by Crippen LogP contribution is -2.49. The predicted molar refractivity (Wildman–Crippen MR) is 92.3 cm³/mol. The molecule has 2 unspecified atom stereocenters. The maximum Gasteiger partial charge on any atom is 0.322 e. The number of hydrogen-bond acceptors (Lipinski definition) is 8. The molecule has 1 aromatic heterocycles. The number of hydrogen-bond donors (Lipinski definition) is 8. The van der Waals surface area contributed by atoms with Crippen molar-refractivity contribution in [2.75, 3.05) is 12.3 Å². The molecule has 0 bridgehead atoms. The van der Waals surface area contributed by atoms with Crippen LogP contribution in [0.5, 0.6) is 11.8 Å². The molecular weight excluding hydrogens is 384 g/mol. The molecule has 1 aromatic rings. The smallest absolute Gasteiger partial charge is 0.322 e. The van der Waals surface area contributed by atoms with E-state index in [1.807, 2.05) is 0 Å². The summed E-state index contributed by atoms with van der Waals surface area (Å²) in [6.45, 7) is -0.657. The minimum absolute atomic E-state index is 0.0902. The van der Waals surface area contributed by atoms with Crippen LogP contribution in [0.4, 0.5) is 0 Å². The molecule has 0 aromatic carbocycles. The predicted octanol–water partition coefficient (Wildman–Crippen LogP) is -1.60. The van der Waals surface area contributed by atoms with Crippen molar-refractivity contribution >= 4 is 35.5 Å². The van der Waals surface area contributed by atoms with Crippen LogP contribution in [-0.2, 0) is 19.2 Å². The largest absolute Gasteiger partial charge is 0.494 e. The number of carbonyl (C=O) groups is 4. The SMILES string of the molecule is NC(CCC(=O)NC(CSc1cc(O)[nH]c1O)C(=O)NCC(=O)O)C(=O)O. The quantitative estimate of drug-likeness (QED) is 0.197. The fraction of sp³-hybridized carbons (Fsp3) is 0.429. The maximum absolute atomic E-state index is 12.1. The molecule has 0 saturated heterocycles. The van der Waals surface area contributed by atoms with Gasteiger partial charge in [-0.2, -0.15) is 0 Å². The monoisotopic (exact) mass is 404 g/mol. The lowest BCUT2D eigenvalue weighted by molar-refractivity contribution is -0.139. The van der Waals surface area contributed by atoms with E-state index in [9.17, 15) is 29.4 Å². The molecule has 1 rings (SSSR count). The summed E-state index contributed by atoms with van der Waals surface area (Å²) in [6, 6.07) is -1.19. The number of aromatic nitrogens is 1. The number of rotatable bonds is 11. The van der Waals surface area contributed by atoms with Gasteiger partial charge in [-0.3, -0.25) is 24.2 Å². The molecule has 13 heteroatoms. The molecule has 150 valence electrons. The van der Waals surface area contributed by atoms with Crippen LogP contribution in [0.3, 0.4) is 0 Å². The number of carbonyl (C=O) groups excluding carboxylic acids is 2. The first-order chi connectivity index (χ1) is 12.6. The highest BCUT2D eigenvalue weighted by Crippen LogP contribution is 2.31. The number of carboxylic acid groups (broad SMARTS) is 2. The Morgan fingerprint density at radius 2 is 1.89 bits per heavy atom. The van der Waals surface area contributed by atoms with Crippen molar-refractivity contribution in [2.24, 2.45) is 5.73 Å². The maximum atomic E-state index is 12.1. The average Bonchev–Trinajstić information content (AvgIpc) is 2.91. The minimum Gasteiger partial charge on any atom is -0.494 e. The van der Waals surface area contributed by atoms with E-state index in [1.54, 1.807) is 0 Å². The number of nitrogens with two attached hydrogens (primary N) is 1. The lowest BCUT2D eigenvalue weighted by Gasteiger charge is -2.18. The highest BCUT2D eigenvalue weighted by molar-refractivity contribution is 7.99. The van der Waals surface area contributed by atoms with Gasteiger partial charge >= 0.3 is 11.9 Å². The van der Waals surface area contributed by atoms with E-state index in [4.69, 9.17) is 15.9 Å². The van der Waals surface area contributed by atoms with Crippen molar-refractivity contribution in [1.29, 1.82) is 0 Å². The minimum atomic E-state index is -1.28. The van der Waals surface area contributed by atoms with Crippen LogP contribution in [0.1, 0.15) is 12.8 Å². The number of aliphatic carboxylic acids is 2. The number of H-pyrrole nitrogens is 1. The third kappa shape index (κ3) is 7.87. The van der Waals surface area contributed by atoms with Crippen molar-refractivity contribution in [1.82, 2.24) is 15.6 Å². The topological polar surface area (TPSA) is 215 Å². The van der Waals surface area contributed by atoms with E-state index in [-0.39, 0.29) is 35.2 Å². The molecule has 0 aliphatic heterocycles. The van der Waals surface area contributed by atoms with Crippen molar-refractivity contribution in [3.05, 3.63) is 6.07 Å². The molecular formula is C14H20N4O8S. The Balaban J connectivity index is 2.70. The molecule has 0 fully saturated rings. The second kappa shape index (κ2) is 10.3. The van der Waals surface area contributed by atoms with Gasteiger partial charge in [0.15, 0.2) is 5.88 Å². The normalized spacial score (nSPS) is 12.8. The van der Waals surface area contributed by atoms with E-state index >= 15 is 0 Å². The fourth-order valence-corrected chi connectivity index (χ4v) is 2.80. The molecule has 2 atom stereocenters. The molecule has 1 heterocycles. The van der Waals surface area contributed by atoms with E-state index in [1.165, 1.54) is 6.07 Å². The lowest BCUT2D eigenvalue weighted by atomic mass is 10.1. The zero-order valence-electron chi connectivity index (χ0n) is 14.0. The van der Waals surface area contributed by atoms with Gasteiger partial charge in [-0.1, -0.05) is 0 Å². The second-order valence-corrected chi connectivity index (χ2v) is 6.46. The first-order valence-electron chi connectivity index (χ1n) is 7.61. The molecule has 0 radical (unpaired) electrons.